The van der Waals surface area contributed by atoms with Crippen LogP contribution in [0.25, 0.3) is 11.0 Å². The molecule has 0 saturated carbocycles. The monoisotopic (exact) mass is 411 g/mol. The molecule has 1 aromatic heterocycles. The minimum atomic E-state index is -3.41. The van der Waals surface area contributed by atoms with E-state index in [2.05, 4.69) is 26.1 Å². The predicted molar refractivity (Wildman–Crippen MR) is 113 cm³/mol. The summed E-state index contributed by atoms with van der Waals surface area (Å²) in [6, 6.07) is 11.0. The van der Waals surface area contributed by atoms with E-state index in [4.69, 9.17) is 4.74 Å². The first kappa shape index (κ1) is 20.4. The fourth-order valence-electron chi connectivity index (χ4n) is 2.83. The van der Waals surface area contributed by atoms with Crippen molar-refractivity contribution in [3.8, 4) is 11.9 Å². The van der Waals surface area contributed by atoms with E-state index in [1.807, 2.05) is 26.0 Å². The van der Waals surface area contributed by atoms with E-state index < -0.39 is 10.0 Å². The van der Waals surface area contributed by atoms with Crippen LogP contribution in [0.1, 0.15) is 24.5 Å². The minimum Gasteiger partial charge on any atom is -0.480 e. The Morgan fingerprint density at radius 1 is 1.21 bits per heavy atom. The smallest absolute Gasteiger partial charge is 0.232 e. The molecule has 150 valence electrons. The highest BCUT2D eigenvalue weighted by Gasteiger charge is 2.14. The normalized spacial score (nSPS) is 11.1. The number of nitrogens with zero attached hydrogens (tertiary/aromatic N) is 3. The lowest BCUT2D eigenvalue weighted by Gasteiger charge is -2.14. The summed E-state index contributed by atoms with van der Waals surface area (Å²) in [5.41, 5.74) is 3.78. The molecule has 8 nitrogen and oxygen atoms in total. The maximum absolute atomic E-state index is 12.1. The van der Waals surface area contributed by atoms with Gasteiger partial charge in [0.1, 0.15) is 17.1 Å². The second kappa shape index (κ2) is 8.32. The Labute approximate surface area is 169 Å². The number of methoxy groups -OCH3 is 1. The molecule has 0 radical (unpaired) electrons. The van der Waals surface area contributed by atoms with Crippen LogP contribution >= 0.6 is 0 Å². The third-order valence-electron chi connectivity index (χ3n) is 4.27. The molecule has 29 heavy (non-hydrogen) atoms. The maximum atomic E-state index is 12.1. The van der Waals surface area contributed by atoms with Gasteiger partial charge >= 0.3 is 0 Å². The van der Waals surface area contributed by atoms with E-state index in [1.54, 1.807) is 18.2 Å². The van der Waals surface area contributed by atoms with Gasteiger partial charge in [0.2, 0.25) is 15.9 Å². The minimum absolute atomic E-state index is 0.0495. The fourth-order valence-corrected chi connectivity index (χ4v) is 4.02. The fraction of sp³-hybridized carbons (Fsp3) is 0.250. The van der Waals surface area contributed by atoms with Crippen molar-refractivity contribution in [2.45, 2.75) is 20.3 Å². The molecule has 2 N–H and O–H groups in total. The molecule has 0 aliphatic rings. The number of anilines is 3. The molecule has 1 heterocycles. The van der Waals surface area contributed by atoms with Gasteiger partial charge in [0, 0.05) is 5.69 Å². The Kier molecular flexibility index (Phi) is 5.84. The highest BCUT2D eigenvalue weighted by molar-refractivity contribution is 7.92. The average molecular weight is 411 g/mol. The van der Waals surface area contributed by atoms with Crippen LogP contribution in [0, 0.1) is 18.3 Å². The topological polar surface area (TPSA) is 117 Å². The van der Waals surface area contributed by atoms with Crippen LogP contribution in [0.3, 0.4) is 0 Å². The standard InChI is InChI=1S/C20H21N5O3S/c1-4-9-29(26,27)25-18-10-14(6-5-13(18)2)23-16-7-8-17-20(15(16)11-21)24-19(28-3)12-22-17/h5-8,10,12,23,25H,4,9H2,1-3H3. The zero-order chi connectivity index (χ0) is 21.0. The molecule has 0 atom stereocenters. The number of rotatable bonds is 7. The van der Waals surface area contributed by atoms with Crippen LogP contribution in [0.5, 0.6) is 5.88 Å². The van der Waals surface area contributed by atoms with Gasteiger partial charge < -0.3 is 10.1 Å². The summed E-state index contributed by atoms with van der Waals surface area (Å²) >= 11 is 0. The van der Waals surface area contributed by atoms with Gasteiger partial charge in [0.05, 0.1) is 36.0 Å². The van der Waals surface area contributed by atoms with Crippen molar-refractivity contribution in [3.05, 3.63) is 47.7 Å². The van der Waals surface area contributed by atoms with E-state index in [0.29, 0.717) is 46.0 Å². The molecule has 0 unspecified atom stereocenters. The summed E-state index contributed by atoms with van der Waals surface area (Å²) < 4.78 is 32.0. The second-order valence-electron chi connectivity index (χ2n) is 6.46. The number of benzene rings is 2. The SMILES string of the molecule is CCCS(=O)(=O)Nc1cc(Nc2ccc3ncc(OC)nc3c2C#N)ccc1C. The number of fused-ring (bicyclic) bond motifs is 1. The van der Waals surface area contributed by atoms with Crippen LogP contribution in [-0.4, -0.2) is 31.2 Å². The quantitative estimate of drug-likeness (QED) is 0.608. The Morgan fingerprint density at radius 3 is 2.69 bits per heavy atom. The van der Waals surface area contributed by atoms with Crippen LogP contribution in [0.15, 0.2) is 36.5 Å². The predicted octanol–water partition coefficient (Wildman–Crippen LogP) is 3.71. The Bertz CT molecular complexity index is 1200. The molecule has 0 saturated heterocycles. The molecule has 0 amide bonds. The van der Waals surface area contributed by atoms with Crippen LogP contribution < -0.4 is 14.8 Å². The summed E-state index contributed by atoms with van der Waals surface area (Å²) in [5.74, 6) is 0.363. The van der Waals surface area contributed by atoms with Crippen LogP contribution in [0.4, 0.5) is 17.1 Å². The Hall–Kier alpha value is -3.38. The van der Waals surface area contributed by atoms with Gasteiger partial charge in [-0.15, -0.1) is 0 Å². The molecule has 0 fully saturated rings. The Balaban J connectivity index is 1.99. The van der Waals surface area contributed by atoms with Gasteiger partial charge in [0.25, 0.3) is 0 Å². The van der Waals surface area contributed by atoms with E-state index in [9.17, 15) is 13.7 Å². The largest absolute Gasteiger partial charge is 0.480 e. The molecule has 3 rings (SSSR count). The van der Waals surface area contributed by atoms with Gasteiger partial charge in [-0.05, 0) is 43.2 Å². The summed E-state index contributed by atoms with van der Waals surface area (Å²) in [4.78, 5) is 8.58. The van der Waals surface area contributed by atoms with Gasteiger partial charge in [0.15, 0.2) is 0 Å². The first-order valence-electron chi connectivity index (χ1n) is 8.99. The number of aryl methyl sites for hydroxylation is 1. The molecule has 0 bridgehead atoms. The van der Waals surface area contributed by atoms with Crippen molar-refractivity contribution in [1.82, 2.24) is 9.97 Å². The molecule has 9 heteroatoms. The van der Waals surface area contributed by atoms with Gasteiger partial charge in [-0.3, -0.25) is 4.72 Å². The number of nitriles is 1. The van der Waals surface area contributed by atoms with Crippen molar-refractivity contribution >= 4 is 38.1 Å². The van der Waals surface area contributed by atoms with Crippen LogP contribution in [-0.2, 0) is 10.0 Å². The highest BCUT2D eigenvalue weighted by Crippen LogP contribution is 2.29. The maximum Gasteiger partial charge on any atom is 0.232 e. The van der Waals surface area contributed by atoms with Crippen molar-refractivity contribution in [2.75, 3.05) is 22.9 Å². The third kappa shape index (κ3) is 4.55. The zero-order valence-electron chi connectivity index (χ0n) is 16.4. The van der Waals surface area contributed by atoms with E-state index in [0.717, 1.165) is 5.56 Å². The number of sulfonamides is 1. The molecule has 3 aromatic rings. The lowest BCUT2D eigenvalue weighted by molar-refractivity contribution is 0.397. The molecular weight excluding hydrogens is 390 g/mol. The zero-order valence-corrected chi connectivity index (χ0v) is 17.2. The van der Waals surface area contributed by atoms with Crippen molar-refractivity contribution in [2.24, 2.45) is 0 Å². The van der Waals surface area contributed by atoms with E-state index >= 15 is 0 Å². The van der Waals surface area contributed by atoms with Crippen molar-refractivity contribution in [1.29, 1.82) is 5.26 Å². The van der Waals surface area contributed by atoms with Gasteiger partial charge in [-0.1, -0.05) is 13.0 Å². The van der Waals surface area contributed by atoms with E-state index in [-0.39, 0.29) is 5.75 Å². The van der Waals surface area contributed by atoms with Crippen LogP contribution in [0.2, 0.25) is 0 Å². The van der Waals surface area contributed by atoms with E-state index in [1.165, 1.54) is 13.3 Å². The van der Waals surface area contributed by atoms with Crippen molar-refractivity contribution < 1.29 is 13.2 Å². The highest BCUT2D eigenvalue weighted by atomic mass is 32.2. The number of hydrogen-bond acceptors (Lipinski definition) is 7. The summed E-state index contributed by atoms with van der Waals surface area (Å²) in [6.45, 7) is 3.64. The Morgan fingerprint density at radius 2 is 2.00 bits per heavy atom. The number of nitrogens with one attached hydrogen (secondary N) is 2. The lowest BCUT2D eigenvalue weighted by Crippen LogP contribution is -2.16. The first-order chi connectivity index (χ1) is 13.9. The average Bonchev–Trinajstić information content (AvgIpc) is 2.69. The number of hydrogen-bond donors (Lipinski definition) is 2. The molecule has 2 aromatic carbocycles. The van der Waals surface area contributed by atoms with Gasteiger partial charge in [-0.25, -0.2) is 18.4 Å². The molecule has 0 aliphatic carbocycles. The molecule has 0 aliphatic heterocycles. The molecule has 0 spiro atoms. The van der Waals surface area contributed by atoms with Gasteiger partial charge in [-0.2, -0.15) is 5.26 Å². The summed E-state index contributed by atoms with van der Waals surface area (Å²) in [6.07, 6.45) is 2.02. The number of ether oxygens (including phenoxy) is 1. The number of aromatic nitrogens is 2. The third-order valence-corrected chi connectivity index (χ3v) is 5.75. The second-order valence-corrected chi connectivity index (χ2v) is 8.30. The summed E-state index contributed by atoms with van der Waals surface area (Å²) in [7, 11) is -1.92. The lowest BCUT2D eigenvalue weighted by atomic mass is 10.1. The van der Waals surface area contributed by atoms with Crippen molar-refractivity contribution in [3.63, 3.8) is 0 Å². The first-order valence-corrected chi connectivity index (χ1v) is 10.6. The molecular formula is C20H21N5O3S. The summed E-state index contributed by atoms with van der Waals surface area (Å²) in [5, 5.41) is 12.9.